The highest BCUT2D eigenvalue weighted by Gasteiger charge is 2.29. The molecule has 122 valence electrons. The molecule has 0 spiro atoms. The molecule has 3 heteroatoms. The summed E-state index contributed by atoms with van der Waals surface area (Å²) in [7, 11) is 1.77. The number of hydrogen-bond acceptors (Lipinski definition) is 3. The van der Waals surface area contributed by atoms with E-state index in [4.69, 9.17) is 9.47 Å². The topological polar surface area (TPSA) is 21.7 Å². The molecule has 0 saturated carbocycles. The van der Waals surface area contributed by atoms with Crippen molar-refractivity contribution in [2.75, 3.05) is 33.4 Å². The fraction of sp³-hybridized carbons (Fsp3) is 0.400. The van der Waals surface area contributed by atoms with E-state index in [1.165, 1.54) is 11.1 Å². The smallest absolute Gasteiger partial charge is 0.0888 e. The zero-order valence-corrected chi connectivity index (χ0v) is 13.7. The van der Waals surface area contributed by atoms with Gasteiger partial charge < -0.3 is 9.47 Å². The molecule has 1 heterocycles. The van der Waals surface area contributed by atoms with Crippen LogP contribution in [-0.2, 0) is 16.0 Å². The van der Waals surface area contributed by atoms with Crippen LogP contribution >= 0.6 is 0 Å². The third-order valence-corrected chi connectivity index (χ3v) is 4.38. The molecular formula is C20H25NO2. The van der Waals surface area contributed by atoms with Crippen LogP contribution in [0, 0.1) is 5.92 Å². The predicted molar refractivity (Wildman–Crippen MR) is 92.2 cm³/mol. The predicted octanol–water partition coefficient (Wildman–Crippen LogP) is 3.52. The quantitative estimate of drug-likeness (QED) is 0.843. The van der Waals surface area contributed by atoms with Gasteiger partial charge in [-0.25, -0.2) is 0 Å². The van der Waals surface area contributed by atoms with E-state index in [0.29, 0.717) is 12.5 Å². The van der Waals surface area contributed by atoms with Crippen molar-refractivity contribution in [1.82, 2.24) is 4.90 Å². The Kier molecular flexibility index (Phi) is 5.81. The van der Waals surface area contributed by atoms with Gasteiger partial charge in [0.1, 0.15) is 0 Å². The van der Waals surface area contributed by atoms with Crippen LogP contribution in [0.3, 0.4) is 0 Å². The number of rotatable bonds is 5. The summed E-state index contributed by atoms with van der Waals surface area (Å²) in [4.78, 5) is 2.47. The Bertz CT molecular complexity index is 573. The fourth-order valence-electron chi connectivity index (χ4n) is 3.31. The molecule has 0 aromatic heterocycles. The van der Waals surface area contributed by atoms with Gasteiger partial charge in [0.2, 0.25) is 0 Å². The Morgan fingerprint density at radius 1 is 1.04 bits per heavy atom. The van der Waals surface area contributed by atoms with Crippen molar-refractivity contribution >= 4 is 0 Å². The van der Waals surface area contributed by atoms with E-state index in [9.17, 15) is 0 Å². The van der Waals surface area contributed by atoms with Crippen LogP contribution < -0.4 is 0 Å². The van der Waals surface area contributed by atoms with Crippen molar-refractivity contribution < 1.29 is 9.47 Å². The molecule has 0 amide bonds. The van der Waals surface area contributed by atoms with Crippen LogP contribution in [0.2, 0.25) is 0 Å². The Hall–Kier alpha value is -1.68. The summed E-state index contributed by atoms with van der Waals surface area (Å²) < 4.78 is 11.7. The van der Waals surface area contributed by atoms with E-state index < -0.39 is 0 Å². The Morgan fingerprint density at radius 2 is 1.74 bits per heavy atom. The molecule has 0 bridgehead atoms. The van der Waals surface area contributed by atoms with E-state index in [2.05, 4.69) is 59.5 Å². The van der Waals surface area contributed by atoms with Gasteiger partial charge in [0.25, 0.3) is 0 Å². The highest BCUT2D eigenvalue weighted by atomic mass is 16.5. The maximum Gasteiger partial charge on any atom is 0.0888 e. The zero-order chi connectivity index (χ0) is 15.9. The second kappa shape index (κ2) is 8.25. The minimum atomic E-state index is 0.108. The average Bonchev–Trinajstić information content (AvgIpc) is 2.79. The molecular weight excluding hydrogens is 286 g/mol. The first-order chi connectivity index (χ1) is 11.4. The van der Waals surface area contributed by atoms with Crippen LogP contribution in [0.25, 0.3) is 0 Å². The summed E-state index contributed by atoms with van der Waals surface area (Å²) in [6, 6.07) is 21.1. The molecule has 1 saturated heterocycles. The lowest BCUT2D eigenvalue weighted by Gasteiger charge is -2.27. The lowest BCUT2D eigenvalue weighted by Crippen LogP contribution is -2.32. The third-order valence-electron chi connectivity index (χ3n) is 4.38. The Morgan fingerprint density at radius 3 is 2.43 bits per heavy atom. The molecule has 0 N–H and O–H groups in total. The van der Waals surface area contributed by atoms with Crippen molar-refractivity contribution in [1.29, 1.82) is 0 Å². The lowest BCUT2D eigenvalue weighted by atomic mass is 9.95. The van der Waals surface area contributed by atoms with Crippen LogP contribution in [-0.4, -0.2) is 38.3 Å². The van der Waals surface area contributed by atoms with Crippen molar-refractivity contribution in [2.45, 2.75) is 12.6 Å². The number of methoxy groups -OCH3 is 1. The standard InChI is InChI=1S/C20H25NO2/c1-22-16-19-15-21(14-17-8-4-2-5-9-17)12-13-23-20(19)18-10-6-3-7-11-18/h2-11,19-20H,12-16H2,1H3/t19-,20?/m0/s1. The molecule has 3 nitrogen and oxygen atoms in total. The molecule has 0 aliphatic carbocycles. The van der Waals surface area contributed by atoms with E-state index >= 15 is 0 Å². The van der Waals surface area contributed by atoms with E-state index in [0.717, 1.165) is 26.2 Å². The maximum absolute atomic E-state index is 6.20. The summed E-state index contributed by atoms with van der Waals surface area (Å²) in [5, 5.41) is 0. The monoisotopic (exact) mass is 311 g/mol. The van der Waals surface area contributed by atoms with Crippen LogP contribution in [0.1, 0.15) is 17.2 Å². The highest BCUT2D eigenvalue weighted by Crippen LogP contribution is 2.29. The number of ether oxygens (including phenoxy) is 2. The minimum Gasteiger partial charge on any atom is -0.384 e. The molecule has 1 aliphatic rings. The van der Waals surface area contributed by atoms with Crippen LogP contribution in [0.4, 0.5) is 0 Å². The van der Waals surface area contributed by atoms with Gasteiger partial charge in [-0.1, -0.05) is 60.7 Å². The van der Waals surface area contributed by atoms with Crippen molar-refractivity contribution in [2.24, 2.45) is 5.92 Å². The second-order valence-electron chi connectivity index (χ2n) is 6.14. The van der Waals surface area contributed by atoms with E-state index in [-0.39, 0.29) is 6.10 Å². The van der Waals surface area contributed by atoms with Gasteiger partial charge in [-0.3, -0.25) is 4.90 Å². The average molecular weight is 311 g/mol. The number of benzene rings is 2. The molecule has 2 atom stereocenters. The molecule has 3 rings (SSSR count). The maximum atomic E-state index is 6.20. The van der Waals surface area contributed by atoms with Gasteiger partial charge in [0, 0.05) is 32.7 Å². The Balaban J connectivity index is 1.73. The van der Waals surface area contributed by atoms with Crippen LogP contribution in [0.5, 0.6) is 0 Å². The number of hydrogen-bond donors (Lipinski definition) is 0. The van der Waals surface area contributed by atoms with Gasteiger partial charge in [-0.15, -0.1) is 0 Å². The minimum absolute atomic E-state index is 0.108. The van der Waals surface area contributed by atoms with E-state index in [1.54, 1.807) is 7.11 Å². The third kappa shape index (κ3) is 4.41. The number of nitrogens with zero attached hydrogens (tertiary/aromatic N) is 1. The van der Waals surface area contributed by atoms with Crippen molar-refractivity contribution in [3.8, 4) is 0 Å². The summed E-state index contributed by atoms with van der Waals surface area (Å²) in [5.41, 5.74) is 2.60. The van der Waals surface area contributed by atoms with Gasteiger partial charge in [-0.2, -0.15) is 0 Å². The normalized spacial score (nSPS) is 22.7. The lowest BCUT2D eigenvalue weighted by molar-refractivity contribution is 0.00206. The Labute approximate surface area is 138 Å². The second-order valence-corrected chi connectivity index (χ2v) is 6.14. The first-order valence-corrected chi connectivity index (χ1v) is 8.28. The SMILES string of the molecule is COC[C@@H]1CN(Cc2ccccc2)CCOC1c1ccccc1. The largest absolute Gasteiger partial charge is 0.384 e. The molecule has 0 radical (unpaired) electrons. The first-order valence-electron chi connectivity index (χ1n) is 8.28. The van der Waals surface area contributed by atoms with Gasteiger partial charge in [0.15, 0.2) is 0 Å². The summed E-state index contributed by atoms with van der Waals surface area (Å²) in [6.45, 7) is 4.38. The summed E-state index contributed by atoms with van der Waals surface area (Å²) in [6.07, 6.45) is 0.108. The molecule has 2 aromatic rings. The van der Waals surface area contributed by atoms with Gasteiger partial charge >= 0.3 is 0 Å². The molecule has 1 unspecified atom stereocenters. The van der Waals surface area contributed by atoms with Crippen molar-refractivity contribution in [3.63, 3.8) is 0 Å². The van der Waals surface area contributed by atoms with Crippen LogP contribution in [0.15, 0.2) is 60.7 Å². The summed E-state index contributed by atoms with van der Waals surface area (Å²) >= 11 is 0. The van der Waals surface area contributed by atoms with E-state index in [1.807, 2.05) is 6.07 Å². The van der Waals surface area contributed by atoms with Gasteiger partial charge in [0.05, 0.1) is 19.3 Å². The zero-order valence-electron chi connectivity index (χ0n) is 13.7. The highest BCUT2D eigenvalue weighted by molar-refractivity contribution is 5.19. The molecule has 2 aromatic carbocycles. The van der Waals surface area contributed by atoms with Crippen molar-refractivity contribution in [3.05, 3.63) is 71.8 Å². The van der Waals surface area contributed by atoms with Gasteiger partial charge in [-0.05, 0) is 11.1 Å². The first kappa shape index (κ1) is 16.2. The molecule has 23 heavy (non-hydrogen) atoms. The fourth-order valence-corrected chi connectivity index (χ4v) is 3.31. The summed E-state index contributed by atoms with van der Waals surface area (Å²) in [5.74, 6) is 0.341. The molecule has 1 fully saturated rings. The molecule has 1 aliphatic heterocycles.